The number of pyridine rings is 1. The molecule has 0 aliphatic carbocycles. The summed E-state index contributed by atoms with van der Waals surface area (Å²) in [7, 11) is 0. The van der Waals surface area contributed by atoms with E-state index in [0.717, 1.165) is 12.1 Å². The van der Waals surface area contributed by atoms with Crippen molar-refractivity contribution in [3.63, 3.8) is 0 Å². The average Bonchev–Trinajstić information content (AvgIpc) is 2.58. The minimum absolute atomic E-state index is 0.116. The van der Waals surface area contributed by atoms with Crippen molar-refractivity contribution in [3.8, 4) is 0 Å². The lowest BCUT2D eigenvalue weighted by molar-refractivity contribution is -0.117. The number of hydrogen-bond donors (Lipinski definition) is 0. The highest BCUT2D eigenvalue weighted by Gasteiger charge is 2.30. The van der Waals surface area contributed by atoms with Crippen molar-refractivity contribution in [1.29, 1.82) is 0 Å². The molecular weight excluding hydrogens is 282 g/mol. The maximum Gasteiger partial charge on any atom is 0.227 e. The number of halogens is 3. The normalized spacial score (nSPS) is 20.6. The van der Waals surface area contributed by atoms with Gasteiger partial charge in [-0.1, -0.05) is 15.9 Å². The summed E-state index contributed by atoms with van der Waals surface area (Å²) < 4.78 is 25.8. The first-order valence-corrected chi connectivity index (χ1v) is 5.91. The van der Waals surface area contributed by atoms with Crippen LogP contribution in [0.1, 0.15) is 6.42 Å². The summed E-state index contributed by atoms with van der Waals surface area (Å²) in [5, 5.41) is 0.700. The fourth-order valence-corrected chi connectivity index (χ4v) is 2.18. The van der Waals surface area contributed by atoms with Crippen LogP contribution in [0.15, 0.2) is 12.1 Å². The van der Waals surface area contributed by atoms with Gasteiger partial charge >= 0.3 is 0 Å². The fourth-order valence-electron chi connectivity index (χ4n) is 1.74. The van der Waals surface area contributed by atoms with Crippen LogP contribution in [-0.4, -0.2) is 22.8 Å². The Morgan fingerprint density at radius 2 is 2.06 bits per heavy atom. The van der Waals surface area contributed by atoms with Crippen LogP contribution in [0, 0.1) is 17.8 Å². The van der Waals surface area contributed by atoms with Gasteiger partial charge in [0.05, 0.1) is 5.69 Å². The van der Waals surface area contributed by atoms with Gasteiger partial charge in [-0.05, 0) is 5.92 Å². The Kier molecular flexibility index (Phi) is 3.18. The number of alkyl halides is 1. The maximum absolute atomic E-state index is 12.9. The molecule has 1 aliphatic heterocycles. The monoisotopic (exact) mass is 290 g/mol. The molecule has 0 saturated carbocycles. The van der Waals surface area contributed by atoms with E-state index in [1.54, 1.807) is 0 Å². The van der Waals surface area contributed by atoms with E-state index < -0.39 is 11.9 Å². The van der Waals surface area contributed by atoms with Crippen LogP contribution in [0.5, 0.6) is 0 Å². The molecule has 1 aromatic rings. The summed E-state index contributed by atoms with van der Waals surface area (Å²) in [5.41, 5.74) is 0.235. The van der Waals surface area contributed by atoms with Crippen molar-refractivity contribution >= 4 is 27.5 Å². The first-order chi connectivity index (χ1) is 7.60. The standard InChI is InChI=1S/C10H9BrF2N2O/c11-4-6-1-10(16)15(5-6)7-2-8(12)14-9(13)3-7/h2-3,6H,1,4-5H2. The molecule has 0 spiro atoms. The highest BCUT2D eigenvalue weighted by molar-refractivity contribution is 9.09. The largest absolute Gasteiger partial charge is 0.312 e. The van der Waals surface area contributed by atoms with Gasteiger partial charge in [0, 0.05) is 30.4 Å². The molecular formula is C10H9BrF2N2O. The summed E-state index contributed by atoms with van der Waals surface area (Å²) in [6.45, 7) is 0.479. The van der Waals surface area contributed by atoms with Gasteiger partial charge < -0.3 is 4.90 Å². The van der Waals surface area contributed by atoms with Crippen LogP contribution >= 0.6 is 15.9 Å². The summed E-state index contributed by atoms with van der Waals surface area (Å²) in [4.78, 5) is 16.0. The van der Waals surface area contributed by atoms with Crippen LogP contribution in [-0.2, 0) is 4.79 Å². The van der Waals surface area contributed by atoms with Gasteiger partial charge in [-0.2, -0.15) is 13.8 Å². The van der Waals surface area contributed by atoms with Gasteiger partial charge in [-0.15, -0.1) is 0 Å². The van der Waals surface area contributed by atoms with Crippen molar-refractivity contribution in [2.75, 3.05) is 16.8 Å². The Morgan fingerprint density at radius 1 is 1.44 bits per heavy atom. The van der Waals surface area contributed by atoms with Crippen molar-refractivity contribution in [3.05, 3.63) is 24.0 Å². The predicted molar refractivity (Wildman–Crippen MR) is 58.4 cm³/mol. The zero-order valence-corrected chi connectivity index (χ0v) is 9.88. The molecule has 1 aromatic heterocycles. The van der Waals surface area contributed by atoms with Gasteiger partial charge in [0.1, 0.15) is 0 Å². The second-order valence-corrected chi connectivity index (χ2v) is 4.35. The molecule has 3 nitrogen and oxygen atoms in total. The number of nitrogens with zero attached hydrogens (tertiary/aromatic N) is 2. The third-order valence-electron chi connectivity index (χ3n) is 2.48. The van der Waals surface area contributed by atoms with Gasteiger partial charge in [0.2, 0.25) is 17.8 Å². The fraction of sp³-hybridized carbons (Fsp3) is 0.400. The maximum atomic E-state index is 12.9. The van der Waals surface area contributed by atoms with Crippen molar-refractivity contribution in [1.82, 2.24) is 4.98 Å². The topological polar surface area (TPSA) is 33.2 Å². The van der Waals surface area contributed by atoms with Crippen molar-refractivity contribution in [2.45, 2.75) is 6.42 Å². The summed E-state index contributed by atoms with van der Waals surface area (Å²) in [6.07, 6.45) is 0.400. The molecule has 1 amide bonds. The van der Waals surface area contributed by atoms with Crippen molar-refractivity contribution < 1.29 is 13.6 Å². The minimum Gasteiger partial charge on any atom is -0.312 e. The molecule has 1 fully saturated rings. The zero-order valence-electron chi connectivity index (χ0n) is 8.29. The third kappa shape index (κ3) is 2.21. The smallest absolute Gasteiger partial charge is 0.227 e. The first kappa shape index (κ1) is 11.4. The van der Waals surface area contributed by atoms with Crippen molar-refractivity contribution in [2.24, 2.45) is 5.92 Å². The number of anilines is 1. The first-order valence-electron chi connectivity index (χ1n) is 4.79. The molecule has 16 heavy (non-hydrogen) atoms. The Balaban J connectivity index is 2.27. The molecule has 1 unspecified atom stereocenters. The number of carbonyl (C=O) groups is 1. The lowest BCUT2D eigenvalue weighted by atomic mass is 10.2. The number of rotatable bonds is 2. The summed E-state index contributed by atoms with van der Waals surface area (Å²) in [6, 6.07) is 2.13. The summed E-state index contributed by atoms with van der Waals surface area (Å²) >= 11 is 3.29. The van der Waals surface area contributed by atoms with E-state index in [4.69, 9.17) is 0 Å². The second-order valence-electron chi connectivity index (χ2n) is 3.70. The molecule has 0 radical (unpaired) electrons. The van der Waals surface area contributed by atoms with Gasteiger partial charge in [-0.25, -0.2) is 0 Å². The molecule has 1 atom stereocenters. The van der Waals surface area contributed by atoms with Crippen LogP contribution in [0.3, 0.4) is 0 Å². The predicted octanol–water partition coefficient (Wildman–Crippen LogP) is 2.11. The molecule has 1 aliphatic rings. The van der Waals surface area contributed by atoms with Crippen LogP contribution in [0.25, 0.3) is 0 Å². The molecule has 2 rings (SSSR count). The highest BCUT2D eigenvalue weighted by atomic mass is 79.9. The number of hydrogen-bond acceptors (Lipinski definition) is 2. The Hall–Kier alpha value is -1.04. The Labute approximate surface area is 99.6 Å². The van der Waals surface area contributed by atoms with Gasteiger partial charge in [0.25, 0.3) is 0 Å². The molecule has 0 aromatic carbocycles. The van der Waals surface area contributed by atoms with E-state index in [0.29, 0.717) is 18.3 Å². The van der Waals surface area contributed by atoms with Crippen LogP contribution < -0.4 is 4.90 Å². The Bertz CT molecular complexity index is 407. The molecule has 0 N–H and O–H groups in total. The number of aromatic nitrogens is 1. The lowest BCUT2D eigenvalue weighted by Crippen LogP contribution is -2.25. The quantitative estimate of drug-likeness (QED) is 0.617. The molecule has 2 heterocycles. The van der Waals surface area contributed by atoms with E-state index in [2.05, 4.69) is 20.9 Å². The molecule has 1 saturated heterocycles. The average molecular weight is 291 g/mol. The van der Waals surface area contributed by atoms with Gasteiger partial charge in [0.15, 0.2) is 0 Å². The highest BCUT2D eigenvalue weighted by Crippen LogP contribution is 2.26. The summed E-state index contributed by atoms with van der Waals surface area (Å²) in [5.74, 6) is -1.75. The lowest BCUT2D eigenvalue weighted by Gasteiger charge is -2.16. The van der Waals surface area contributed by atoms with Crippen LogP contribution in [0.4, 0.5) is 14.5 Å². The Morgan fingerprint density at radius 3 is 2.56 bits per heavy atom. The van der Waals surface area contributed by atoms with E-state index in [-0.39, 0.29) is 17.5 Å². The molecule has 86 valence electrons. The van der Waals surface area contributed by atoms with Crippen LogP contribution in [0.2, 0.25) is 0 Å². The van der Waals surface area contributed by atoms with E-state index in [1.807, 2.05) is 0 Å². The van der Waals surface area contributed by atoms with Gasteiger partial charge in [-0.3, -0.25) is 4.79 Å². The van der Waals surface area contributed by atoms with E-state index in [9.17, 15) is 13.6 Å². The number of carbonyl (C=O) groups excluding carboxylic acids is 1. The minimum atomic E-state index is -0.912. The third-order valence-corrected chi connectivity index (χ3v) is 3.40. The number of amides is 1. The SMILES string of the molecule is O=C1CC(CBr)CN1c1cc(F)nc(F)c1. The van der Waals surface area contributed by atoms with E-state index >= 15 is 0 Å². The van der Waals surface area contributed by atoms with E-state index in [1.165, 1.54) is 4.90 Å². The molecule has 6 heteroatoms. The molecule has 0 bridgehead atoms. The second kappa shape index (κ2) is 4.45. The zero-order chi connectivity index (χ0) is 11.7.